The van der Waals surface area contributed by atoms with Gasteiger partial charge in [0.15, 0.2) is 0 Å². The average molecular weight is 185 g/mol. The van der Waals surface area contributed by atoms with E-state index in [9.17, 15) is 0 Å². The number of amidine groups is 1. The lowest BCUT2D eigenvalue weighted by molar-refractivity contribution is 0.551. The number of hydrogen-bond donors (Lipinski definition) is 0. The lowest BCUT2D eigenvalue weighted by atomic mass is 10.3. The standard InChI is InChI=1S/C11H11N3/c1-2-5-10(6-3-1)14-9-13-8-4-7-11(13)12-14/h1-3,5-6H,4,7-8H2. The molecular formula is C11H11N3. The van der Waals surface area contributed by atoms with Crippen molar-refractivity contribution in [1.29, 1.82) is 0 Å². The summed E-state index contributed by atoms with van der Waals surface area (Å²) in [5.41, 5.74) is 1.08. The van der Waals surface area contributed by atoms with Crippen LogP contribution < -0.4 is 5.01 Å². The molecule has 14 heavy (non-hydrogen) atoms. The Morgan fingerprint density at radius 3 is 2.86 bits per heavy atom. The second kappa shape index (κ2) is 3.01. The highest BCUT2D eigenvalue weighted by molar-refractivity contribution is 5.88. The van der Waals surface area contributed by atoms with Gasteiger partial charge < -0.3 is 4.90 Å². The van der Waals surface area contributed by atoms with Gasteiger partial charge in [0.05, 0.1) is 5.69 Å². The molecular weight excluding hydrogens is 174 g/mol. The summed E-state index contributed by atoms with van der Waals surface area (Å²) in [6.07, 6.45) is 2.28. The number of fused-ring (bicyclic) bond motifs is 1. The maximum absolute atomic E-state index is 4.49. The molecule has 0 N–H and O–H groups in total. The highest BCUT2D eigenvalue weighted by Crippen LogP contribution is 2.26. The molecule has 0 aromatic heterocycles. The van der Waals surface area contributed by atoms with Crippen molar-refractivity contribution in [3.8, 4) is 0 Å². The molecule has 3 heteroatoms. The quantitative estimate of drug-likeness (QED) is 0.665. The summed E-state index contributed by atoms with van der Waals surface area (Å²) in [6, 6.07) is 10.1. The SMILES string of the molecule is [C]1N2CCCC2=NN1c1ccccc1. The fourth-order valence-electron chi connectivity index (χ4n) is 1.81. The minimum absolute atomic E-state index is 1.06. The molecule has 1 aromatic carbocycles. The third-order valence-corrected chi connectivity index (χ3v) is 2.53. The molecule has 0 aliphatic carbocycles. The Balaban J connectivity index is 1.87. The predicted molar refractivity (Wildman–Crippen MR) is 55.5 cm³/mol. The van der Waals surface area contributed by atoms with E-state index in [0.717, 1.165) is 24.5 Å². The number of benzene rings is 1. The Morgan fingerprint density at radius 1 is 1.21 bits per heavy atom. The zero-order valence-electron chi connectivity index (χ0n) is 7.85. The number of anilines is 1. The Hall–Kier alpha value is -1.51. The first kappa shape index (κ1) is 7.85. The summed E-state index contributed by atoms with van der Waals surface area (Å²) in [5, 5.41) is 6.31. The van der Waals surface area contributed by atoms with E-state index >= 15 is 0 Å². The third kappa shape index (κ3) is 1.16. The summed E-state index contributed by atoms with van der Waals surface area (Å²) in [6.45, 7) is 4.29. The van der Waals surface area contributed by atoms with Crippen LogP contribution >= 0.6 is 0 Å². The van der Waals surface area contributed by atoms with Gasteiger partial charge in [0.2, 0.25) is 6.67 Å². The fraction of sp³-hybridized carbons (Fsp3) is 0.273. The average Bonchev–Trinajstić information content (AvgIpc) is 2.78. The molecule has 2 aliphatic rings. The van der Waals surface area contributed by atoms with Crippen molar-refractivity contribution < 1.29 is 0 Å². The Labute approximate surface area is 83.6 Å². The van der Waals surface area contributed by atoms with Gasteiger partial charge in [-0.1, -0.05) is 18.2 Å². The molecule has 1 saturated heterocycles. The van der Waals surface area contributed by atoms with Crippen LogP contribution in [0.1, 0.15) is 12.8 Å². The van der Waals surface area contributed by atoms with Gasteiger partial charge >= 0.3 is 0 Å². The van der Waals surface area contributed by atoms with Gasteiger partial charge in [-0.2, -0.15) is 5.10 Å². The molecule has 1 fully saturated rings. The first-order valence-electron chi connectivity index (χ1n) is 4.90. The largest absolute Gasteiger partial charge is 0.327 e. The maximum atomic E-state index is 4.49. The van der Waals surface area contributed by atoms with E-state index in [2.05, 4.69) is 16.7 Å². The van der Waals surface area contributed by atoms with Gasteiger partial charge in [-0.25, -0.2) is 5.01 Å². The Bertz CT molecular complexity index is 358. The van der Waals surface area contributed by atoms with E-state index in [1.165, 1.54) is 6.42 Å². The Morgan fingerprint density at radius 2 is 2.07 bits per heavy atom. The topological polar surface area (TPSA) is 18.8 Å². The van der Waals surface area contributed by atoms with Crippen LogP contribution in [-0.4, -0.2) is 17.3 Å². The van der Waals surface area contributed by atoms with Crippen LogP contribution in [0, 0.1) is 6.67 Å². The van der Waals surface area contributed by atoms with Crippen molar-refractivity contribution in [3.63, 3.8) is 0 Å². The molecule has 2 heterocycles. The molecule has 2 aliphatic heterocycles. The van der Waals surface area contributed by atoms with Crippen LogP contribution in [0.4, 0.5) is 5.69 Å². The maximum Gasteiger partial charge on any atom is 0.232 e. The summed E-state index contributed by atoms with van der Waals surface area (Å²) in [7, 11) is 0. The van der Waals surface area contributed by atoms with Gasteiger partial charge in [0.1, 0.15) is 5.84 Å². The normalized spacial score (nSPS) is 19.9. The van der Waals surface area contributed by atoms with Gasteiger partial charge in [0.25, 0.3) is 0 Å². The molecule has 2 radical (unpaired) electrons. The highest BCUT2D eigenvalue weighted by Gasteiger charge is 2.29. The summed E-state index contributed by atoms with van der Waals surface area (Å²) in [4.78, 5) is 2.10. The van der Waals surface area contributed by atoms with E-state index in [1.807, 2.05) is 35.3 Å². The molecule has 70 valence electrons. The smallest absolute Gasteiger partial charge is 0.232 e. The van der Waals surface area contributed by atoms with Crippen molar-refractivity contribution in [2.75, 3.05) is 11.6 Å². The van der Waals surface area contributed by atoms with E-state index in [0.29, 0.717) is 0 Å². The zero-order valence-corrected chi connectivity index (χ0v) is 7.85. The minimum atomic E-state index is 1.06. The van der Waals surface area contributed by atoms with Gasteiger partial charge in [0, 0.05) is 13.0 Å². The number of nitrogens with zero attached hydrogens (tertiary/aromatic N) is 3. The molecule has 0 unspecified atom stereocenters. The number of rotatable bonds is 1. The molecule has 0 saturated carbocycles. The molecule has 0 bridgehead atoms. The molecule has 3 rings (SSSR count). The molecule has 0 atom stereocenters. The summed E-state index contributed by atoms with van der Waals surface area (Å²) < 4.78 is 0. The summed E-state index contributed by atoms with van der Waals surface area (Å²) in [5.74, 6) is 1.15. The van der Waals surface area contributed by atoms with E-state index in [1.54, 1.807) is 0 Å². The van der Waals surface area contributed by atoms with E-state index in [4.69, 9.17) is 0 Å². The second-order valence-corrected chi connectivity index (χ2v) is 3.52. The van der Waals surface area contributed by atoms with Crippen molar-refractivity contribution in [2.45, 2.75) is 12.8 Å². The molecule has 0 spiro atoms. The second-order valence-electron chi connectivity index (χ2n) is 3.52. The lowest BCUT2D eigenvalue weighted by Crippen LogP contribution is -2.20. The van der Waals surface area contributed by atoms with Crippen molar-refractivity contribution in [2.24, 2.45) is 5.10 Å². The first-order chi connectivity index (χ1) is 6.93. The third-order valence-electron chi connectivity index (χ3n) is 2.53. The van der Waals surface area contributed by atoms with Crippen molar-refractivity contribution in [3.05, 3.63) is 37.0 Å². The van der Waals surface area contributed by atoms with Crippen molar-refractivity contribution >= 4 is 11.5 Å². The van der Waals surface area contributed by atoms with E-state index < -0.39 is 0 Å². The van der Waals surface area contributed by atoms with Crippen LogP contribution in [-0.2, 0) is 0 Å². The van der Waals surface area contributed by atoms with Crippen LogP contribution in [0.15, 0.2) is 35.4 Å². The molecule has 0 amide bonds. The minimum Gasteiger partial charge on any atom is -0.327 e. The Kier molecular flexibility index (Phi) is 1.69. The van der Waals surface area contributed by atoms with Crippen LogP contribution in [0.2, 0.25) is 0 Å². The zero-order chi connectivity index (χ0) is 9.38. The van der Waals surface area contributed by atoms with Crippen LogP contribution in [0.3, 0.4) is 0 Å². The summed E-state index contributed by atoms with van der Waals surface area (Å²) >= 11 is 0. The lowest BCUT2D eigenvalue weighted by Gasteiger charge is -2.14. The molecule has 3 nitrogen and oxygen atoms in total. The number of hydrogen-bond acceptors (Lipinski definition) is 3. The number of hydrazone groups is 1. The van der Waals surface area contributed by atoms with Crippen LogP contribution in [0.5, 0.6) is 0 Å². The van der Waals surface area contributed by atoms with Gasteiger partial charge in [-0.15, -0.1) is 0 Å². The van der Waals surface area contributed by atoms with Gasteiger partial charge in [-0.3, -0.25) is 0 Å². The molecule has 1 aromatic rings. The van der Waals surface area contributed by atoms with E-state index in [-0.39, 0.29) is 0 Å². The van der Waals surface area contributed by atoms with Crippen LogP contribution in [0.25, 0.3) is 0 Å². The monoisotopic (exact) mass is 185 g/mol. The first-order valence-corrected chi connectivity index (χ1v) is 4.90. The van der Waals surface area contributed by atoms with Crippen molar-refractivity contribution in [1.82, 2.24) is 4.90 Å². The predicted octanol–water partition coefficient (Wildman–Crippen LogP) is 1.91. The highest BCUT2D eigenvalue weighted by atomic mass is 15.6. The fourth-order valence-corrected chi connectivity index (χ4v) is 1.81. The van der Waals surface area contributed by atoms with Gasteiger partial charge in [-0.05, 0) is 18.6 Å². The number of para-hydroxylation sites is 1.